The minimum Gasteiger partial charge on any atom is -0.490 e. The molecule has 0 saturated carbocycles. The molecule has 3 aromatic carbocycles. The smallest absolute Gasteiger partial charge is 0.416 e. The van der Waals surface area contributed by atoms with Gasteiger partial charge in [-0.1, -0.05) is 35.3 Å². The van der Waals surface area contributed by atoms with E-state index in [0.29, 0.717) is 33.3 Å². The number of amides is 2. The molecule has 0 unspecified atom stereocenters. The Morgan fingerprint density at radius 1 is 1.02 bits per heavy atom. The SMILES string of the molecule is CCOc1cc(/C=C2\SC(=O)N(Cc3ccc(Cl)cc3Cl)C2=O)ccc1Oc1ccc(C(F)(F)F)cc1[N+](=O)[O-]. The lowest BCUT2D eigenvalue weighted by atomic mass is 10.1. The number of carbonyl (C=O) groups excluding carboxylic acids is 2. The largest absolute Gasteiger partial charge is 0.490 e. The lowest BCUT2D eigenvalue weighted by molar-refractivity contribution is -0.385. The van der Waals surface area contributed by atoms with Gasteiger partial charge >= 0.3 is 11.9 Å². The third-order valence-corrected chi connectivity index (χ3v) is 6.98. The van der Waals surface area contributed by atoms with Gasteiger partial charge in [0.25, 0.3) is 11.1 Å². The fraction of sp³-hybridized carbons (Fsp3) is 0.154. The highest BCUT2D eigenvalue weighted by molar-refractivity contribution is 8.18. The second-order valence-corrected chi connectivity index (χ2v) is 10.0. The lowest BCUT2D eigenvalue weighted by Gasteiger charge is -2.14. The molecule has 0 aliphatic carbocycles. The van der Waals surface area contributed by atoms with Gasteiger partial charge < -0.3 is 9.47 Å². The number of benzene rings is 3. The summed E-state index contributed by atoms with van der Waals surface area (Å²) in [6, 6.07) is 11.0. The van der Waals surface area contributed by atoms with Crippen LogP contribution in [0.5, 0.6) is 17.2 Å². The summed E-state index contributed by atoms with van der Waals surface area (Å²) in [5.41, 5.74) is -1.10. The quantitative estimate of drug-likeness (QED) is 0.143. The summed E-state index contributed by atoms with van der Waals surface area (Å²) in [4.78, 5) is 37.1. The molecule has 1 saturated heterocycles. The number of nitro groups is 1. The number of nitro benzene ring substituents is 1. The number of halogens is 5. The highest BCUT2D eigenvalue weighted by atomic mass is 35.5. The summed E-state index contributed by atoms with van der Waals surface area (Å²) in [5.74, 6) is -0.863. The third-order valence-electron chi connectivity index (χ3n) is 5.49. The Kier molecular flexibility index (Phi) is 8.62. The number of nitrogens with zero attached hydrogens (tertiary/aromatic N) is 2. The van der Waals surface area contributed by atoms with Crippen molar-refractivity contribution in [1.82, 2.24) is 4.90 Å². The zero-order valence-electron chi connectivity index (χ0n) is 20.3. The van der Waals surface area contributed by atoms with Crippen LogP contribution in [0, 0.1) is 10.1 Å². The molecular weight excluding hydrogens is 596 g/mol. The number of ether oxygens (including phenoxy) is 2. The van der Waals surface area contributed by atoms with E-state index in [2.05, 4.69) is 0 Å². The summed E-state index contributed by atoms with van der Waals surface area (Å²) in [6.45, 7) is 1.78. The second kappa shape index (κ2) is 11.8. The van der Waals surface area contributed by atoms with Gasteiger partial charge in [-0.3, -0.25) is 24.6 Å². The maximum absolute atomic E-state index is 13.0. The number of carbonyl (C=O) groups is 2. The number of imide groups is 1. The van der Waals surface area contributed by atoms with Crippen LogP contribution in [0.1, 0.15) is 23.6 Å². The van der Waals surface area contributed by atoms with E-state index in [0.717, 1.165) is 22.7 Å². The van der Waals surface area contributed by atoms with E-state index < -0.39 is 39.2 Å². The summed E-state index contributed by atoms with van der Waals surface area (Å²) in [5, 5.41) is 11.6. The van der Waals surface area contributed by atoms with Gasteiger partial charge in [0.05, 0.1) is 28.5 Å². The molecule has 0 radical (unpaired) electrons. The average Bonchev–Trinajstić information content (AvgIpc) is 3.13. The van der Waals surface area contributed by atoms with Crippen molar-refractivity contribution in [3.63, 3.8) is 0 Å². The monoisotopic (exact) mass is 612 g/mol. The maximum Gasteiger partial charge on any atom is 0.416 e. The van der Waals surface area contributed by atoms with Gasteiger partial charge in [-0.15, -0.1) is 0 Å². The molecule has 0 bridgehead atoms. The predicted octanol–water partition coefficient (Wildman–Crippen LogP) is 8.35. The Hall–Kier alpha value is -3.74. The molecule has 40 heavy (non-hydrogen) atoms. The fourth-order valence-corrected chi connectivity index (χ4v) is 4.92. The average molecular weight is 613 g/mol. The highest BCUT2D eigenvalue weighted by Crippen LogP contribution is 2.41. The number of thioether (sulfide) groups is 1. The van der Waals surface area contributed by atoms with Crippen LogP contribution in [0.4, 0.5) is 23.7 Å². The molecule has 1 heterocycles. The molecule has 0 spiro atoms. The van der Waals surface area contributed by atoms with Crippen molar-refractivity contribution in [3.05, 3.63) is 96.4 Å². The standard InChI is InChI=1S/C26H17Cl2F3N2O6S/c1-2-38-22-9-14(3-7-21(22)39-20-8-5-16(26(29,30)31)11-19(20)33(36)37)10-23-24(34)32(25(35)40-23)13-15-4-6-17(27)12-18(15)28/h3-12H,2,13H2,1H3/b23-10-. The van der Waals surface area contributed by atoms with Crippen molar-refractivity contribution in [2.75, 3.05) is 6.61 Å². The minimum atomic E-state index is -4.78. The molecule has 0 N–H and O–H groups in total. The highest BCUT2D eigenvalue weighted by Gasteiger charge is 2.36. The van der Waals surface area contributed by atoms with Gasteiger partial charge in [-0.2, -0.15) is 13.2 Å². The Morgan fingerprint density at radius 3 is 2.40 bits per heavy atom. The summed E-state index contributed by atoms with van der Waals surface area (Å²) in [6.07, 6.45) is -3.32. The van der Waals surface area contributed by atoms with Crippen LogP contribution in [0.3, 0.4) is 0 Å². The minimum absolute atomic E-state index is 0.00709. The molecular formula is C26H17Cl2F3N2O6S. The number of alkyl halides is 3. The van der Waals surface area contributed by atoms with Crippen LogP contribution in [0.15, 0.2) is 59.5 Å². The molecule has 208 valence electrons. The van der Waals surface area contributed by atoms with E-state index in [1.165, 1.54) is 30.3 Å². The van der Waals surface area contributed by atoms with Crippen LogP contribution in [-0.4, -0.2) is 27.6 Å². The van der Waals surface area contributed by atoms with E-state index in [9.17, 15) is 32.9 Å². The first kappa shape index (κ1) is 29.2. The molecule has 1 aliphatic rings. The van der Waals surface area contributed by atoms with Crippen molar-refractivity contribution < 1.29 is 37.2 Å². The molecule has 14 heteroatoms. The molecule has 1 aliphatic heterocycles. The molecule has 8 nitrogen and oxygen atoms in total. The maximum atomic E-state index is 13.0. The van der Waals surface area contributed by atoms with Crippen molar-refractivity contribution >= 4 is 57.9 Å². The number of hydrogen-bond acceptors (Lipinski definition) is 7. The van der Waals surface area contributed by atoms with Gasteiger partial charge in [0, 0.05) is 16.1 Å². The third kappa shape index (κ3) is 6.52. The van der Waals surface area contributed by atoms with E-state index in [4.69, 9.17) is 32.7 Å². The molecule has 2 amide bonds. The Bertz CT molecular complexity index is 1550. The van der Waals surface area contributed by atoms with Crippen LogP contribution in [-0.2, 0) is 17.5 Å². The van der Waals surface area contributed by atoms with Gasteiger partial charge in [-0.05, 0) is 72.3 Å². The van der Waals surface area contributed by atoms with Crippen LogP contribution in [0.2, 0.25) is 10.0 Å². The van der Waals surface area contributed by atoms with Crippen molar-refractivity contribution in [3.8, 4) is 17.2 Å². The van der Waals surface area contributed by atoms with Gasteiger partial charge in [0.1, 0.15) is 0 Å². The van der Waals surface area contributed by atoms with E-state index >= 15 is 0 Å². The zero-order chi connectivity index (χ0) is 29.2. The van der Waals surface area contributed by atoms with Gasteiger partial charge in [-0.25, -0.2) is 0 Å². The van der Waals surface area contributed by atoms with E-state index in [1.807, 2.05) is 0 Å². The first-order chi connectivity index (χ1) is 18.9. The van der Waals surface area contributed by atoms with Crippen molar-refractivity contribution in [2.24, 2.45) is 0 Å². The van der Waals surface area contributed by atoms with Crippen molar-refractivity contribution in [2.45, 2.75) is 19.6 Å². The molecule has 4 rings (SSSR count). The molecule has 3 aromatic rings. The van der Waals surface area contributed by atoms with Gasteiger partial charge in [0.15, 0.2) is 11.5 Å². The van der Waals surface area contributed by atoms with Crippen molar-refractivity contribution in [1.29, 1.82) is 0 Å². The predicted molar refractivity (Wildman–Crippen MR) is 144 cm³/mol. The zero-order valence-corrected chi connectivity index (χ0v) is 22.7. The van der Waals surface area contributed by atoms with Crippen LogP contribution >= 0.6 is 35.0 Å². The lowest BCUT2D eigenvalue weighted by Crippen LogP contribution is -2.27. The van der Waals surface area contributed by atoms with Crippen LogP contribution in [0.25, 0.3) is 6.08 Å². The number of rotatable bonds is 8. The van der Waals surface area contributed by atoms with Crippen LogP contribution < -0.4 is 9.47 Å². The summed E-state index contributed by atoms with van der Waals surface area (Å²) < 4.78 is 50.2. The normalized spacial score (nSPS) is 14.7. The topological polar surface area (TPSA) is 99.0 Å². The Balaban J connectivity index is 1.60. The molecule has 0 atom stereocenters. The first-order valence-electron chi connectivity index (χ1n) is 11.4. The summed E-state index contributed by atoms with van der Waals surface area (Å²) in [7, 11) is 0. The second-order valence-electron chi connectivity index (χ2n) is 8.18. The summed E-state index contributed by atoms with van der Waals surface area (Å²) >= 11 is 12.8. The van der Waals surface area contributed by atoms with E-state index in [-0.39, 0.29) is 29.6 Å². The fourth-order valence-electron chi connectivity index (χ4n) is 3.62. The van der Waals surface area contributed by atoms with Gasteiger partial charge in [0.2, 0.25) is 5.75 Å². The first-order valence-corrected chi connectivity index (χ1v) is 12.9. The Morgan fingerprint density at radius 2 is 1.75 bits per heavy atom. The Labute approximate surface area is 239 Å². The van der Waals surface area contributed by atoms with E-state index in [1.54, 1.807) is 19.1 Å². The number of hydrogen-bond donors (Lipinski definition) is 0. The molecule has 1 fully saturated rings. The molecule has 0 aromatic heterocycles.